The summed E-state index contributed by atoms with van der Waals surface area (Å²) in [6, 6.07) is 4.91. The number of hydrogen-bond donors (Lipinski definition) is 2. The van der Waals surface area contributed by atoms with Crippen molar-refractivity contribution in [2.75, 3.05) is 7.11 Å². The lowest BCUT2D eigenvalue weighted by atomic mass is 9.78. The molecule has 0 atom stereocenters. The molecule has 0 saturated heterocycles. The molecule has 0 aliphatic rings. The van der Waals surface area contributed by atoms with Crippen LogP contribution in [0.5, 0.6) is 5.75 Å². The zero-order valence-corrected chi connectivity index (χ0v) is 7.60. The molecule has 0 saturated carbocycles. The van der Waals surface area contributed by atoms with Gasteiger partial charge in [0.25, 0.3) is 0 Å². The highest BCUT2D eigenvalue weighted by Gasteiger charge is 2.17. The summed E-state index contributed by atoms with van der Waals surface area (Å²) in [7, 11) is 0.0350. The fraction of sp³-hybridized carbons (Fsp3) is 0.111. The fourth-order valence-electron chi connectivity index (χ4n) is 1.44. The molecule has 1 aromatic heterocycles. The van der Waals surface area contributed by atoms with Gasteiger partial charge in [-0.25, -0.2) is 0 Å². The van der Waals surface area contributed by atoms with E-state index in [1.54, 1.807) is 18.2 Å². The van der Waals surface area contributed by atoms with Gasteiger partial charge in [-0.2, -0.15) is 0 Å². The average molecular weight is 192 g/mol. The third-order valence-corrected chi connectivity index (χ3v) is 2.11. The number of hydrogen-bond acceptors (Lipinski definition) is 4. The van der Waals surface area contributed by atoms with E-state index in [0.717, 1.165) is 0 Å². The topological polar surface area (TPSA) is 62.8 Å². The van der Waals surface area contributed by atoms with Crippen LogP contribution in [0.15, 0.2) is 28.9 Å². The number of benzene rings is 1. The molecule has 4 nitrogen and oxygen atoms in total. The number of methoxy groups -OCH3 is 1. The molecule has 0 amide bonds. The number of rotatable bonds is 2. The standard InChI is InChI=1S/C9H9BO4/c1-13-8-3-2-7(10(11)12)6-4-5-14-9(6)8/h2-5,11-12H,1H3. The van der Waals surface area contributed by atoms with Crippen LogP contribution in [0.1, 0.15) is 0 Å². The van der Waals surface area contributed by atoms with E-state index in [1.165, 1.54) is 13.4 Å². The van der Waals surface area contributed by atoms with Crippen molar-refractivity contribution >= 4 is 23.6 Å². The molecule has 0 bridgehead atoms. The Morgan fingerprint density at radius 1 is 1.29 bits per heavy atom. The Balaban J connectivity index is 2.72. The quantitative estimate of drug-likeness (QED) is 0.663. The van der Waals surface area contributed by atoms with Crippen LogP contribution in [-0.2, 0) is 0 Å². The van der Waals surface area contributed by atoms with Crippen LogP contribution in [0.2, 0.25) is 0 Å². The average Bonchev–Trinajstić information content (AvgIpc) is 2.64. The molecule has 2 N–H and O–H groups in total. The smallest absolute Gasteiger partial charge is 0.489 e. The summed E-state index contributed by atoms with van der Waals surface area (Å²) in [6.07, 6.45) is 1.49. The summed E-state index contributed by atoms with van der Waals surface area (Å²) in [5, 5.41) is 18.8. The predicted octanol–water partition coefficient (Wildman–Crippen LogP) is 0.121. The second kappa shape index (κ2) is 3.36. The fourth-order valence-corrected chi connectivity index (χ4v) is 1.44. The van der Waals surface area contributed by atoms with Crippen molar-refractivity contribution in [1.29, 1.82) is 0 Å². The molecule has 1 aromatic carbocycles. The highest BCUT2D eigenvalue weighted by molar-refractivity contribution is 6.62. The molecule has 0 radical (unpaired) electrons. The Morgan fingerprint density at radius 3 is 2.71 bits per heavy atom. The summed E-state index contributed by atoms with van der Waals surface area (Å²) in [4.78, 5) is 0. The number of fused-ring (bicyclic) bond motifs is 1. The maximum absolute atomic E-state index is 9.08. The molecule has 0 aliphatic heterocycles. The largest absolute Gasteiger partial charge is 0.493 e. The molecule has 5 heteroatoms. The van der Waals surface area contributed by atoms with E-state index in [4.69, 9.17) is 19.2 Å². The van der Waals surface area contributed by atoms with Gasteiger partial charge in [0.15, 0.2) is 11.3 Å². The van der Waals surface area contributed by atoms with Crippen LogP contribution >= 0.6 is 0 Å². The molecule has 1 heterocycles. The molecular weight excluding hydrogens is 183 g/mol. The van der Waals surface area contributed by atoms with Crippen LogP contribution in [-0.4, -0.2) is 24.3 Å². The molecule has 72 valence electrons. The SMILES string of the molecule is COc1ccc(B(O)O)c2ccoc12. The lowest BCUT2D eigenvalue weighted by Crippen LogP contribution is -2.30. The minimum absolute atomic E-state index is 0.412. The Morgan fingerprint density at radius 2 is 2.07 bits per heavy atom. The van der Waals surface area contributed by atoms with E-state index in [1.807, 2.05) is 0 Å². The Kier molecular flexibility index (Phi) is 2.19. The van der Waals surface area contributed by atoms with Gasteiger partial charge in [0.05, 0.1) is 13.4 Å². The monoisotopic (exact) mass is 192 g/mol. The molecule has 0 fully saturated rings. The molecule has 0 aliphatic carbocycles. The highest BCUT2D eigenvalue weighted by Crippen LogP contribution is 2.24. The summed E-state index contributed by atoms with van der Waals surface area (Å²) in [6.45, 7) is 0. The molecule has 14 heavy (non-hydrogen) atoms. The van der Waals surface area contributed by atoms with E-state index in [2.05, 4.69) is 0 Å². The summed E-state index contributed by atoms with van der Waals surface area (Å²) in [5.41, 5.74) is 0.938. The van der Waals surface area contributed by atoms with Gasteiger partial charge in [0.2, 0.25) is 0 Å². The van der Waals surface area contributed by atoms with E-state index in [9.17, 15) is 0 Å². The Labute approximate surface area is 80.9 Å². The van der Waals surface area contributed by atoms with Gasteiger partial charge in [-0.15, -0.1) is 0 Å². The highest BCUT2D eigenvalue weighted by atomic mass is 16.5. The van der Waals surface area contributed by atoms with E-state index < -0.39 is 7.12 Å². The molecule has 2 rings (SSSR count). The second-order valence-electron chi connectivity index (χ2n) is 2.89. The first-order valence-electron chi connectivity index (χ1n) is 4.14. The predicted molar refractivity (Wildman–Crippen MR) is 52.6 cm³/mol. The van der Waals surface area contributed by atoms with Gasteiger partial charge in [-0.3, -0.25) is 0 Å². The van der Waals surface area contributed by atoms with Crippen molar-refractivity contribution in [3.63, 3.8) is 0 Å². The first-order valence-corrected chi connectivity index (χ1v) is 4.14. The van der Waals surface area contributed by atoms with Crippen LogP contribution in [0.4, 0.5) is 0 Å². The lowest BCUT2D eigenvalue weighted by Gasteiger charge is -2.04. The number of ether oxygens (including phenoxy) is 1. The van der Waals surface area contributed by atoms with Gasteiger partial charge < -0.3 is 19.2 Å². The Hall–Kier alpha value is -1.46. The van der Waals surface area contributed by atoms with Crippen molar-refractivity contribution < 1.29 is 19.2 Å². The van der Waals surface area contributed by atoms with Crippen LogP contribution < -0.4 is 10.2 Å². The maximum Gasteiger partial charge on any atom is 0.489 e. The van der Waals surface area contributed by atoms with Crippen molar-refractivity contribution in [3.05, 3.63) is 24.5 Å². The summed E-state index contributed by atoms with van der Waals surface area (Å²) in [5.74, 6) is 0.578. The molecule has 0 spiro atoms. The first kappa shape index (κ1) is 9.11. The van der Waals surface area contributed by atoms with Crippen LogP contribution in [0, 0.1) is 0 Å². The van der Waals surface area contributed by atoms with E-state index >= 15 is 0 Å². The van der Waals surface area contributed by atoms with Crippen molar-refractivity contribution in [1.82, 2.24) is 0 Å². The van der Waals surface area contributed by atoms with Gasteiger partial charge >= 0.3 is 7.12 Å². The maximum atomic E-state index is 9.08. The lowest BCUT2D eigenvalue weighted by molar-refractivity contribution is 0.410. The summed E-state index contributed by atoms with van der Waals surface area (Å²) >= 11 is 0. The molecule has 2 aromatic rings. The van der Waals surface area contributed by atoms with Crippen LogP contribution in [0.3, 0.4) is 0 Å². The zero-order valence-electron chi connectivity index (χ0n) is 7.60. The first-order chi connectivity index (χ1) is 6.74. The molecular formula is C9H9BO4. The third kappa shape index (κ3) is 1.27. The van der Waals surface area contributed by atoms with Crippen molar-refractivity contribution in [2.24, 2.45) is 0 Å². The van der Waals surface area contributed by atoms with Crippen LogP contribution in [0.25, 0.3) is 11.0 Å². The third-order valence-electron chi connectivity index (χ3n) is 2.11. The Bertz CT molecular complexity index is 449. The number of furan rings is 1. The minimum atomic E-state index is -1.50. The van der Waals surface area contributed by atoms with Gasteiger partial charge in [0, 0.05) is 5.39 Å². The van der Waals surface area contributed by atoms with E-state index in [-0.39, 0.29) is 0 Å². The van der Waals surface area contributed by atoms with Crippen molar-refractivity contribution in [2.45, 2.75) is 0 Å². The van der Waals surface area contributed by atoms with Gasteiger partial charge in [0.1, 0.15) is 0 Å². The zero-order chi connectivity index (χ0) is 10.1. The summed E-state index contributed by atoms with van der Waals surface area (Å²) < 4.78 is 10.2. The van der Waals surface area contributed by atoms with E-state index in [0.29, 0.717) is 22.2 Å². The van der Waals surface area contributed by atoms with Gasteiger partial charge in [-0.05, 0) is 17.6 Å². The van der Waals surface area contributed by atoms with Crippen molar-refractivity contribution in [3.8, 4) is 5.75 Å². The van der Waals surface area contributed by atoms with Gasteiger partial charge in [-0.1, -0.05) is 6.07 Å². The molecule has 0 unspecified atom stereocenters. The second-order valence-corrected chi connectivity index (χ2v) is 2.89. The minimum Gasteiger partial charge on any atom is -0.493 e. The normalized spacial score (nSPS) is 10.5.